The molecule has 0 aliphatic heterocycles. The molecule has 0 aromatic heterocycles. The molecule has 0 fully saturated rings. The third-order valence-corrected chi connectivity index (χ3v) is 2.72. The summed E-state index contributed by atoms with van der Waals surface area (Å²) in [6.07, 6.45) is 4.18. The van der Waals surface area contributed by atoms with Gasteiger partial charge in [0.25, 0.3) is 0 Å². The van der Waals surface area contributed by atoms with Gasteiger partial charge in [-0.1, -0.05) is 24.6 Å². The first kappa shape index (κ1) is 13.4. The number of carboxylic acid groups (broad SMARTS) is 1. The number of unbranched alkanes of at least 4 members (excludes halogenated alkanes) is 2. The van der Waals surface area contributed by atoms with E-state index in [0.29, 0.717) is 12.0 Å². The molecule has 3 heteroatoms. The molecule has 1 aromatic carbocycles. The van der Waals surface area contributed by atoms with Crippen molar-refractivity contribution in [2.24, 2.45) is 0 Å². The number of hydrogen-bond donors (Lipinski definition) is 1. The predicted octanol–water partition coefficient (Wildman–Crippen LogP) is 3.08. The van der Waals surface area contributed by atoms with Crippen LogP contribution in [0.2, 0.25) is 0 Å². The third-order valence-electron chi connectivity index (χ3n) is 2.72. The lowest BCUT2D eigenvalue weighted by Gasteiger charge is -2.05. The van der Waals surface area contributed by atoms with Crippen molar-refractivity contribution in [1.29, 1.82) is 0 Å². The van der Waals surface area contributed by atoms with Crippen molar-refractivity contribution in [1.82, 2.24) is 0 Å². The smallest absolute Gasteiger partial charge is 0.335 e. The van der Waals surface area contributed by atoms with Crippen molar-refractivity contribution in [3.8, 4) is 0 Å². The van der Waals surface area contributed by atoms with Gasteiger partial charge in [0.1, 0.15) is 5.78 Å². The van der Waals surface area contributed by atoms with E-state index in [-0.39, 0.29) is 5.78 Å². The van der Waals surface area contributed by atoms with Crippen molar-refractivity contribution in [3.05, 3.63) is 35.4 Å². The van der Waals surface area contributed by atoms with E-state index in [1.54, 1.807) is 19.1 Å². The lowest BCUT2D eigenvalue weighted by molar-refractivity contribution is -0.117. The first-order valence-corrected chi connectivity index (χ1v) is 5.92. The van der Waals surface area contributed by atoms with E-state index in [9.17, 15) is 9.59 Å². The van der Waals surface area contributed by atoms with E-state index in [1.165, 1.54) is 0 Å². The van der Waals surface area contributed by atoms with Crippen LogP contribution in [0.4, 0.5) is 0 Å². The summed E-state index contributed by atoms with van der Waals surface area (Å²) in [5, 5.41) is 9.00. The SMILES string of the molecule is CC(=O)CCCCCc1ccccc1C(=O)O. The van der Waals surface area contributed by atoms with Crippen LogP contribution in [0.5, 0.6) is 0 Å². The van der Waals surface area contributed by atoms with Gasteiger partial charge in [-0.25, -0.2) is 4.79 Å². The number of aromatic carboxylic acids is 1. The van der Waals surface area contributed by atoms with E-state index < -0.39 is 5.97 Å². The molecule has 0 saturated heterocycles. The Bertz CT molecular complexity index is 396. The van der Waals surface area contributed by atoms with Gasteiger partial charge in [0.2, 0.25) is 0 Å². The summed E-state index contributed by atoms with van der Waals surface area (Å²) in [5.74, 6) is -0.653. The topological polar surface area (TPSA) is 54.4 Å². The Morgan fingerprint density at radius 1 is 1.12 bits per heavy atom. The van der Waals surface area contributed by atoms with Gasteiger partial charge in [-0.2, -0.15) is 0 Å². The number of carbonyl (C=O) groups is 2. The van der Waals surface area contributed by atoms with Crippen LogP contribution in [0.1, 0.15) is 48.5 Å². The molecule has 1 rings (SSSR count). The number of benzene rings is 1. The van der Waals surface area contributed by atoms with E-state index in [4.69, 9.17) is 5.11 Å². The van der Waals surface area contributed by atoms with Gasteiger partial charge in [-0.15, -0.1) is 0 Å². The maximum Gasteiger partial charge on any atom is 0.335 e. The Kier molecular flexibility index (Phi) is 5.40. The van der Waals surface area contributed by atoms with E-state index in [1.807, 2.05) is 12.1 Å². The summed E-state index contributed by atoms with van der Waals surface area (Å²) in [6.45, 7) is 1.60. The van der Waals surface area contributed by atoms with Crippen LogP contribution >= 0.6 is 0 Å². The summed E-state index contributed by atoms with van der Waals surface area (Å²) in [5.41, 5.74) is 1.27. The molecule has 17 heavy (non-hydrogen) atoms. The average Bonchev–Trinajstić information content (AvgIpc) is 2.28. The number of carbonyl (C=O) groups excluding carboxylic acids is 1. The molecule has 0 unspecified atom stereocenters. The Morgan fingerprint density at radius 3 is 2.47 bits per heavy atom. The maximum atomic E-state index is 11.0. The minimum absolute atomic E-state index is 0.218. The van der Waals surface area contributed by atoms with Gasteiger partial charge in [-0.3, -0.25) is 0 Å². The molecule has 92 valence electrons. The van der Waals surface area contributed by atoms with Gasteiger partial charge < -0.3 is 9.90 Å². The Balaban J connectivity index is 2.41. The summed E-state index contributed by atoms with van der Waals surface area (Å²) in [6, 6.07) is 7.09. The second-order valence-corrected chi connectivity index (χ2v) is 4.22. The zero-order valence-electron chi connectivity index (χ0n) is 10.1. The van der Waals surface area contributed by atoms with Crippen LogP contribution in [-0.4, -0.2) is 16.9 Å². The minimum Gasteiger partial charge on any atom is -0.478 e. The normalized spacial score (nSPS) is 10.2. The van der Waals surface area contributed by atoms with Crippen LogP contribution < -0.4 is 0 Å². The molecular formula is C14H18O3. The third kappa shape index (κ3) is 4.81. The maximum absolute atomic E-state index is 11.0. The molecule has 0 spiro atoms. The molecule has 0 aliphatic rings. The molecule has 1 aromatic rings. The first-order chi connectivity index (χ1) is 8.11. The number of Topliss-reactive ketones (excluding diaryl/α,β-unsaturated/α-hetero) is 1. The molecule has 0 aliphatic carbocycles. The summed E-state index contributed by atoms with van der Waals surface area (Å²) in [7, 11) is 0. The summed E-state index contributed by atoms with van der Waals surface area (Å²) < 4.78 is 0. The lowest BCUT2D eigenvalue weighted by atomic mass is 10.0. The fraction of sp³-hybridized carbons (Fsp3) is 0.429. The predicted molar refractivity (Wildman–Crippen MR) is 66.3 cm³/mol. The molecule has 1 N–H and O–H groups in total. The van der Waals surface area contributed by atoms with E-state index in [2.05, 4.69) is 0 Å². The van der Waals surface area contributed by atoms with Crippen LogP contribution in [0.15, 0.2) is 24.3 Å². The number of carboxylic acids is 1. The fourth-order valence-electron chi connectivity index (χ4n) is 1.81. The molecule has 0 amide bonds. The number of hydrogen-bond acceptors (Lipinski definition) is 2. The highest BCUT2D eigenvalue weighted by Gasteiger charge is 2.07. The molecular weight excluding hydrogens is 216 g/mol. The first-order valence-electron chi connectivity index (χ1n) is 5.92. The van der Waals surface area contributed by atoms with Crippen molar-refractivity contribution in [3.63, 3.8) is 0 Å². The van der Waals surface area contributed by atoms with E-state index >= 15 is 0 Å². The molecule has 0 heterocycles. The van der Waals surface area contributed by atoms with E-state index in [0.717, 1.165) is 31.2 Å². The number of aryl methyl sites for hydroxylation is 1. The summed E-state index contributed by atoms with van der Waals surface area (Å²) in [4.78, 5) is 21.7. The zero-order valence-corrected chi connectivity index (χ0v) is 10.1. The number of rotatable bonds is 7. The quantitative estimate of drug-likeness (QED) is 0.737. The van der Waals surface area contributed by atoms with Gasteiger partial charge >= 0.3 is 5.97 Å². The Morgan fingerprint density at radius 2 is 1.82 bits per heavy atom. The van der Waals surface area contributed by atoms with Gasteiger partial charge in [0.05, 0.1) is 5.56 Å². The second kappa shape index (κ2) is 6.84. The van der Waals surface area contributed by atoms with Gasteiger partial charge in [0.15, 0.2) is 0 Å². The average molecular weight is 234 g/mol. The summed E-state index contributed by atoms with van der Waals surface area (Å²) >= 11 is 0. The lowest BCUT2D eigenvalue weighted by Crippen LogP contribution is -2.02. The Labute approximate surface area is 101 Å². The van der Waals surface area contributed by atoms with Crippen molar-refractivity contribution in [2.75, 3.05) is 0 Å². The monoisotopic (exact) mass is 234 g/mol. The molecule has 3 nitrogen and oxygen atoms in total. The Hall–Kier alpha value is -1.64. The highest BCUT2D eigenvalue weighted by molar-refractivity contribution is 5.89. The molecule has 0 atom stereocenters. The van der Waals surface area contributed by atoms with Crippen LogP contribution in [0, 0.1) is 0 Å². The van der Waals surface area contributed by atoms with Gasteiger partial charge in [-0.05, 0) is 37.8 Å². The second-order valence-electron chi connectivity index (χ2n) is 4.22. The molecule has 0 radical (unpaired) electrons. The molecule has 0 bridgehead atoms. The van der Waals surface area contributed by atoms with Crippen molar-refractivity contribution < 1.29 is 14.7 Å². The minimum atomic E-state index is -0.871. The highest BCUT2D eigenvalue weighted by atomic mass is 16.4. The molecule has 0 saturated carbocycles. The van der Waals surface area contributed by atoms with Crippen LogP contribution in [0.3, 0.4) is 0 Å². The van der Waals surface area contributed by atoms with Crippen molar-refractivity contribution in [2.45, 2.75) is 39.0 Å². The number of ketones is 1. The fourth-order valence-corrected chi connectivity index (χ4v) is 1.81. The standard InChI is InChI=1S/C14H18O3/c1-11(15)7-3-2-4-8-12-9-5-6-10-13(12)14(16)17/h5-6,9-10H,2-4,7-8H2,1H3,(H,16,17). The largest absolute Gasteiger partial charge is 0.478 e. The van der Waals surface area contributed by atoms with Gasteiger partial charge in [0, 0.05) is 6.42 Å². The zero-order chi connectivity index (χ0) is 12.7. The van der Waals surface area contributed by atoms with Crippen LogP contribution in [-0.2, 0) is 11.2 Å². The van der Waals surface area contributed by atoms with Crippen molar-refractivity contribution >= 4 is 11.8 Å². The van der Waals surface area contributed by atoms with Crippen LogP contribution in [0.25, 0.3) is 0 Å². The highest BCUT2D eigenvalue weighted by Crippen LogP contribution is 2.13.